The van der Waals surface area contributed by atoms with E-state index in [2.05, 4.69) is 10.2 Å². The van der Waals surface area contributed by atoms with Crippen molar-refractivity contribution < 1.29 is 0 Å². The summed E-state index contributed by atoms with van der Waals surface area (Å²) in [6.07, 6.45) is 0.906. The van der Waals surface area contributed by atoms with Crippen molar-refractivity contribution >= 4 is 0 Å². The van der Waals surface area contributed by atoms with Crippen LogP contribution in [-0.4, -0.2) is 14.8 Å². The number of hydrogen-bond donors (Lipinski definition) is 1. The Balaban J connectivity index is 2.97. The number of rotatable bonds is 2. The summed E-state index contributed by atoms with van der Waals surface area (Å²) in [5, 5.41) is 7.83. The summed E-state index contributed by atoms with van der Waals surface area (Å²) in [5.41, 5.74) is 5.40. The molecule has 0 aliphatic carbocycles. The lowest BCUT2D eigenvalue weighted by Gasteiger charge is -1.97. The molecular weight excluding hydrogens is 128 g/mol. The van der Waals surface area contributed by atoms with Crippen molar-refractivity contribution in [1.29, 1.82) is 0 Å². The highest BCUT2D eigenvalue weighted by atomic mass is 15.3. The van der Waals surface area contributed by atoms with Gasteiger partial charge in [-0.1, -0.05) is 6.92 Å². The maximum absolute atomic E-state index is 5.40. The van der Waals surface area contributed by atoms with Gasteiger partial charge in [0.2, 0.25) is 0 Å². The first-order chi connectivity index (χ1) is 4.79. The van der Waals surface area contributed by atoms with Crippen LogP contribution in [-0.2, 0) is 20.0 Å². The van der Waals surface area contributed by atoms with Gasteiger partial charge in [0, 0.05) is 13.5 Å². The van der Waals surface area contributed by atoms with Crippen molar-refractivity contribution in [3.63, 3.8) is 0 Å². The SMILES string of the molecule is CCc1nnc(CN)n1C. The van der Waals surface area contributed by atoms with E-state index in [1.54, 1.807) is 0 Å². The second-order valence-electron chi connectivity index (χ2n) is 2.15. The molecule has 1 aromatic rings. The van der Waals surface area contributed by atoms with Crippen LogP contribution in [0, 0.1) is 0 Å². The van der Waals surface area contributed by atoms with Crippen molar-refractivity contribution in [1.82, 2.24) is 14.8 Å². The van der Waals surface area contributed by atoms with Gasteiger partial charge in [0.05, 0.1) is 6.54 Å². The topological polar surface area (TPSA) is 56.7 Å². The molecule has 4 nitrogen and oxygen atoms in total. The van der Waals surface area contributed by atoms with E-state index in [1.165, 1.54) is 0 Å². The Morgan fingerprint density at radius 1 is 1.40 bits per heavy atom. The molecule has 56 valence electrons. The molecular formula is C6H12N4. The molecule has 0 aliphatic rings. The second-order valence-corrected chi connectivity index (χ2v) is 2.15. The van der Waals surface area contributed by atoms with Gasteiger partial charge in [-0.05, 0) is 0 Å². The van der Waals surface area contributed by atoms with E-state index in [1.807, 2.05) is 18.5 Å². The normalized spacial score (nSPS) is 10.3. The number of hydrogen-bond acceptors (Lipinski definition) is 3. The van der Waals surface area contributed by atoms with Crippen LogP contribution in [0.25, 0.3) is 0 Å². The fraction of sp³-hybridized carbons (Fsp3) is 0.667. The average molecular weight is 140 g/mol. The molecule has 0 unspecified atom stereocenters. The third kappa shape index (κ3) is 1.02. The smallest absolute Gasteiger partial charge is 0.146 e. The molecule has 0 aliphatic heterocycles. The summed E-state index contributed by atoms with van der Waals surface area (Å²) >= 11 is 0. The Bertz CT molecular complexity index is 194. The van der Waals surface area contributed by atoms with Gasteiger partial charge < -0.3 is 10.3 Å². The van der Waals surface area contributed by atoms with Gasteiger partial charge in [0.15, 0.2) is 0 Å². The predicted molar refractivity (Wildman–Crippen MR) is 38.3 cm³/mol. The number of aromatic nitrogens is 3. The fourth-order valence-corrected chi connectivity index (χ4v) is 0.884. The Kier molecular flexibility index (Phi) is 2.01. The Labute approximate surface area is 60.1 Å². The molecule has 4 heteroatoms. The summed E-state index contributed by atoms with van der Waals surface area (Å²) < 4.78 is 1.93. The second kappa shape index (κ2) is 2.79. The summed E-state index contributed by atoms with van der Waals surface area (Å²) in [5.74, 6) is 1.83. The Morgan fingerprint density at radius 2 is 2.00 bits per heavy atom. The molecule has 0 radical (unpaired) electrons. The predicted octanol–water partition coefficient (Wildman–Crippen LogP) is -0.164. The van der Waals surface area contributed by atoms with Crippen LogP contribution < -0.4 is 5.73 Å². The van der Waals surface area contributed by atoms with Crippen molar-refractivity contribution in [3.8, 4) is 0 Å². The van der Waals surface area contributed by atoms with Gasteiger partial charge in [-0.15, -0.1) is 10.2 Å². The van der Waals surface area contributed by atoms with Crippen molar-refractivity contribution in [3.05, 3.63) is 11.6 Å². The Hall–Kier alpha value is -0.900. The zero-order valence-electron chi connectivity index (χ0n) is 6.33. The van der Waals surface area contributed by atoms with Crippen molar-refractivity contribution in [2.45, 2.75) is 19.9 Å². The molecule has 1 rings (SSSR count). The monoisotopic (exact) mass is 140 g/mol. The van der Waals surface area contributed by atoms with Crippen LogP contribution in [0.5, 0.6) is 0 Å². The molecule has 0 bridgehead atoms. The van der Waals surface area contributed by atoms with Crippen LogP contribution in [0.2, 0.25) is 0 Å². The van der Waals surface area contributed by atoms with E-state index in [4.69, 9.17) is 5.73 Å². The maximum Gasteiger partial charge on any atom is 0.146 e. The summed E-state index contributed by atoms with van der Waals surface area (Å²) in [4.78, 5) is 0. The van der Waals surface area contributed by atoms with Crippen LogP contribution in [0.1, 0.15) is 18.6 Å². The summed E-state index contributed by atoms with van der Waals surface area (Å²) in [6.45, 7) is 2.51. The van der Waals surface area contributed by atoms with Crippen LogP contribution in [0.15, 0.2) is 0 Å². The van der Waals surface area contributed by atoms with Crippen LogP contribution >= 0.6 is 0 Å². The minimum Gasteiger partial charge on any atom is -0.324 e. The van der Waals surface area contributed by atoms with E-state index in [0.717, 1.165) is 18.1 Å². The largest absolute Gasteiger partial charge is 0.324 e. The number of nitrogens with two attached hydrogens (primary N) is 1. The third-order valence-corrected chi connectivity index (χ3v) is 1.55. The summed E-state index contributed by atoms with van der Waals surface area (Å²) in [7, 11) is 1.93. The average Bonchev–Trinajstić information content (AvgIpc) is 2.30. The van der Waals surface area contributed by atoms with E-state index in [0.29, 0.717) is 6.54 Å². The van der Waals surface area contributed by atoms with Crippen LogP contribution in [0.3, 0.4) is 0 Å². The van der Waals surface area contributed by atoms with Gasteiger partial charge in [-0.3, -0.25) is 0 Å². The highest BCUT2D eigenvalue weighted by Crippen LogP contribution is 1.97. The molecule has 0 aromatic carbocycles. The standard InChI is InChI=1S/C6H12N4/c1-3-5-8-9-6(4-7)10(5)2/h3-4,7H2,1-2H3. The highest BCUT2D eigenvalue weighted by Gasteiger charge is 2.02. The lowest BCUT2D eigenvalue weighted by Crippen LogP contribution is -2.06. The molecule has 0 fully saturated rings. The first kappa shape index (κ1) is 7.21. The first-order valence-corrected chi connectivity index (χ1v) is 3.36. The quantitative estimate of drug-likeness (QED) is 0.620. The minimum atomic E-state index is 0.462. The summed E-state index contributed by atoms with van der Waals surface area (Å²) in [6, 6.07) is 0. The number of aryl methyl sites for hydroxylation is 1. The fourth-order valence-electron chi connectivity index (χ4n) is 0.884. The van der Waals surface area contributed by atoms with Gasteiger partial charge in [-0.25, -0.2) is 0 Å². The molecule has 0 atom stereocenters. The zero-order valence-corrected chi connectivity index (χ0v) is 6.33. The van der Waals surface area contributed by atoms with E-state index < -0.39 is 0 Å². The molecule has 0 amide bonds. The van der Waals surface area contributed by atoms with Crippen LogP contribution in [0.4, 0.5) is 0 Å². The number of nitrogens with zero attached hydrogens (tertiary/aromatic N) is 3. The van der Waals surface area contributed by atoms with Gasteiger partial charge in [0.1, 0.15) is 11.6 Å². The van der Waals surface area contributed by atoms with E-state index in [9.17, 15) is 0 Å². The molecule has 1 heterocycles. The molecule has 0 spiro atoms. The molecule has 2 N–H and O–H groups in total. The molecule has 10 heavy (non-hydrogen) atoms. The maximum atomic E-state index is 5.40. The van der Waals surface area contributed by atoms with Crippen molar-refractivity contribution in [2.75, 3.05) is 0 Å². The van der Waals surface area contributed by atoms with E-state index in [-0.39, 0.29) is 0 Å². The zero-order chi connectivity index (χ0) is 7.56. The van der Waals surface area contributed by atoms with Gasteiger partial charge in [-0.2, -0.15) is 0 Å². The van der Waals surface area contributed by atoms with E-state index >= 15 is 0 Å². The molecule has 0 saturated heterocycles. The minimum absolute atomic E-state index is 0.462. The van der Waals surface area contributed by atoms with Crippen molar-refractivity contribution in [2.24, 2.45) is 12.8 Å². The first-order valence-electron chi connectivity index (χ1n) is 3.36. The van der Waals surface area contributed by atoms with Gasteiger partial charge in [0.25, 0.3) is 0 Å². The lowest BCUT2D eigenvalue weighted by molar-refractivity contribution is 0.752. The Morgan fingerprint density at radius 3 is 2.30 bits per heavy atom. The molecule has 0 saturated carbocycles. The lowest BCUT2D eigenvalue weighted by atomic mass is 10.4. The highest BCUT2D eigenvalue weighted by molar-refractivity contribution is 4.93. The van der Waals surface area contributed by atoms with Gasteiger partial charge >= 0.3 is 0 Å². The molecule has 1 aromatic heterocycles. The third-order valence-electron chi connectivity index (χ3n) is 1.55.